The molecule has 0 spiro atoms. The average Bonchev–Trinajstić information content (AvgIpc) is 2.94. The molecule has 4 heteroatoms. The van der Waals surface area contributed by atoms with Crippen molar-refractivity contribution in [2.45, 2.75) is 50.8 Å². The molecular formula is C17H27NO3. The highest BCUT2D eigenvalue weighted by atomic mass is 16.5. The van der Waals surface area contributed by atoms with Crippen molar-refractivity contribution in [1.82, 2.24) is 5.32 Å². The van der Waals surface area contributed by atoms with E-state index in [2.05, 4.69) is 24.4 Å². The van der Waals surface area contributed by atoms with Crippen molar-refractivity contribution < 1.29 is 14.2 Å². The number of methoxy groups -OCH3 is 3. The van der Waals surface area contributed by atoms with Crippen LogP contribution in [0.15, 0.2) is 18.2 Å². The minimum absolute atomic E-state index is 0.359. The zero-order chi connectivity index (χ0) is 15.2. The highest BCUT2D eigenvalue weighted by molar-refractivity contribution is 5.43. The van der Waals surface area contributed by atoms with Crippen LogP contribution in [0.3, 0.4) is 0 Å². The van der Waals surface area contributed by atoms with Gasteiger partial charge in [-0.2, -0.15) is 0 Å². The van der Waals surface area contributed by atoms with Crippen molar-refractivity contribution in [1.29, 1.82) is 0 Å². The van der Waals surface area contributed by atoms with Crippen LogP contribution in [0.25, 0.3) is 0 Å². The summed E-state index contributed by atoms with van der Waals surface area (Å²) in [7, 11) is 5.14. The van der Waals surface area contributed by atoms with Gasteiger partial charge in [0.15, 0.2) is 11.5 Å². The van der Waals surface area contributed by atoms with E-state index in [-0.39, 0.29) is 0 Å². The Morgan fingerprint density at radius 1 is 1.14 bits per heavy atom. The Morgan fingerprint density at radius 2 is 1.90 bits per heavy atom. The van der Waals surface area contributed by atoms with E-state index in [0.717, 1.165) is 24.3 Å². The lowest BCUT2D eigenvalue weighted by atomic mass is 10.0. The maximum Gasteiger partial charge on any atom is 0.160 e. The van der Waals surface area contributed by atoms with Crippen LogP contribution in [0.2, 0.25) is 0 Å². The van der Waals surface area contributed by atoms with Gasteiger partial charge in [0.1, 0.15) is 0 Å². The molecule has 3 unspecified atom stereocenters. The van der Waals surface area contributed by atoms with Gasteiger partial charge in [-0.1, -0.05) is 6.07 Å². The Hall–Kier alpha value is -1.26. The SMILES string of the molecule is COc1ccc(CC(C)NC2CCCC2OC)cc1OC. The molecule has 0 amide bonds. The Morgan fingerprint density at radius 3 is 2.57 bits per heavy atom. The molecule has 0 bridgehead atoms. The van der Waals surface area contributed by atoms with Gasteiger partial charge in [-0.3, -0.25) is 0 Å². The molecule has 0 saturated heterocycles. The summed E-state index contributed by atoms with van der Waals surface area (Å²) in [6, 6.07) is 7.00. The minimum Gasteiger partial charge on any atom is -0.493 e. The fraction of sp³-hybridized carbons (Fsp3) is 0.647. The molecule has 1 fully saturated rings. The molecule has 2 rings (SSSR count). The maximum absolute atomic E-state index is 5.54. The largest absolute Gasteiger partial charge is 0.493 e. The molecule has 1 aromatic carbocycles. The van der Waals surface area contributed by atoms with Gasteiger partial charge in [0.05, 0.1) is 20.3 Å². The van der Waals surface area contributed by atoms with Crippen molar-refractivity contribution in [3.8, 4) is 11.5 Å². The third-order valence-electron chi connectivity index (χ3n) is 4.24. The fourth-order valence-corrected chi connectivity index (χ4v) is 3.18. The van der Waals surface area contributed by atoms with E-state index < -0.39 is 0 Å². The van der Waals surface area contributed by atoms with E-state index in [1.165, 1.54) is 18.4 Å². The summed E-state index contributed by atoms with van der Waals surface area (Å²) in [4.78, 5) is 0. The van der Waals surface area contributed by atoms with Crippen LogP contribution in [-0.2, 0) is 11.2 Å². The molecule has 118 valence electrons. The van der Waals surface area contributed by atoms with Crippen molar-refractivity contribution in [3.63, 3.8) is 0 Å². The molecule has 1 aliphatic carbocycles. The second kappa shape index (κ2) is 7.66. The van der Waals surface area contributed by atoms with E-state index in [9.17, 15) is 0 Å². The lowest BCUT2D eigenvalue weighted by Crippen LogP contribution is -2.42. The number of benzene rings is 1. The molecule has 1 aliphatic rings. The van der Waals surface area contributed by atoms with Crippen molar-refractivity contribution in [2.75, 3.05) is 21.3 Å². The average molecular weight is 293 g/mol. The molecule has 21 heavy (non-hydrogen) atoms. The van der Waals surface area contributed by atoms with Crippen LogP contribution in [0.4, 0.5) is 0 Å². The normalized spacial score (nSPS) is 23.0. The first-order chi connectivity index (χ1) is 10.2. The molecular weight excluding hydrogens is 266 g/mol. The number of hydrogen-bond donors (Lipinski definition) is 1. The predicted octanol–water partition coefficient (Wildman–Crippen LogP) is 2.79. The van der Waals surface area contributed by atoms with Gasteiger partial charge < -0.3 is 19.5 Å². The molecule has 0 aliphatic heterocycles. The number of hydrogen-bond acceptors (Lipinski definition) is 4. The summed E-state index contributed by atoms with van der Waals surface area (Å²) >= 11 is 0. The molecule has 4 nitrogen and oxygen atoms in total. The van der Waals surface area contributed by atoms with E-state index in [1.54, 1.807) is 14.2 Å². The van der Waals surface area contributed by atoms with Gasteiger partial charge in [0.2, 0.25) is 0 Å². The molecule has 1 N–H and O–H groups in total. The van der Waals surface area contributed by atoms with Crippen LogP contribution in [0, 0.1) is 0 Å². The molecule has 0 radical (unpaired) electrons. The van der Waals surface area contributed by atoms with Crippen molar-refractivity contribution in [2.24, 2.45) is 0 Å². The summed E-state index contributed by atoms with van der Waals surface area (Å²) in [6.45, 7) is 2.22. The zero-order valence-corrected chi connectivity index (χ0v) is 13.5. The standard InChI is InChI=1S/C17H27NO3/c1-12(18-14-6-5-7-15(14)19-2)10-13-8-9-16(20-3)17(11-13)21-4/h8-9,11-12,14-15,18H,5-7,10H2,1-4H3. The third-order valence-corrected chi connectivity index (χ3v) is 4.24. The number of rotatable bonds is 7. The van der Waals surface area contributed by atoms with Crippen molar-refractivity contribution >= 4 is 0 Å². The molecule has 1 saturated carbocycles. The highest BCUT2D eigenvalue weighted by Crippen LogP contribution is 2.28. The Kier molecular flexibility index (Phi) is 5.88. The van der Waals surface area contributed by atoms with Gasteiger partial charge in [-0.15, -0.1) is 0 Å². The number of ether oxygens (including phenoxy) is 3. The summed E-state index contributed by atoms with van der Waals surface area (Å²) in [5.41, 5.74) is 1.25. The van der Waals surface area contributed by atoms with Crippen LogP contribution in [0.1, 0.15) is 31.7 Å². The second-order valence-electron chi connectivity index (χ2n) is 5.77. The van der Waals surface area contributed by atoms with E-state index in [4.69, 9.17) is 14.2 Å². The molecule has 0 heterocycles. The lowest BCUT2D eigenvalue weighted by molar-refractivity contribution is 0.0820. The van der Waals surface area contributed by atoms with Gasteiger partial charge in [-0.05, 0) is 50.3 Å². The minimum atomic E-state index is 0.359. The van der Waals surface area contributed by atoms with Crippen LogP contribution >= 0.6 is 0 Å². The first kappa shape index (κ1) is 16.1. The molecule has 3 atom stereocenters. The Bertz CT molecular complexity index is 450. The summed E-state index contributed by atoms with van der Waals surface area (Å²) in [5, 5.41) is 3.70. The summed E-state index contributed by atoms with van der Waals surface area (Å²) < 4.78 is 16.2. The topological polar surface area (TPSA) is 39.7 Å². The van der Waals surface area contributed by atoms with E-state index in [1.807, 2.05) is 13.2 Å². The summed E-state index contributed by atoms with van der Waals surface area (Å²) in [6.07, 6.45) is 4.94. The van der Waals surface area contributed by atoms with Gasteiger partial charge in [-0.25, -0.2) is 0 Å². The van der Waals surface area contributed by atoms with Crippen molar-refractivity contribution in [3.05, 3.63) is 23.8 Å². The smallest absolute Gasteiger partial charge is 0.160 e. The van der Waals surface area contributed by atoms with E-state index >= 15 is 0 Å². The lowest BCUT2D eigenvalue weighted by Gasteiger charge is -2.24. The molecule has 1 aromatic rings. The van der Waals surface area contributed by atoms with E-state index in [0.29, 0.717) is 18.2 Å². The van der Waals surface area contributed by atoms with Gasteiger partial charge in [0, 0.05) is 19.2 Å². The van der Waals surface area contributed by atoms with Gasteiger partial charge in [0.25, 0.3) is 0 Å². The Labute approximate surface area is 127 Å². The predicted molar refractivity (Wildman–Crippen MR) is 84.3 cm³/mol. The maximum atomic E-state index is 5.54. The monoisotopic (exact) mass is 293 g/mol. The number of nitrogens with one attached hydrogen (secondary N) is 1. The van der Waals surface area contributed by atoms with Gasteiger partial charge >= 0.3 is 0 Å². The zero-order valence-electron chi connectivity index (χ0n) is 13.5. The van der Waals surface area contributed by atoms with Crippen LogP contribution < -0.4 is 14.8 Å². The third kappa shape index (κ3) is 4.11. The fourth-order valence-electron chi connectivity index (χ4n) is 3.18. The second-order valence-corrected chi connectivity index (χ2v) is 5.77. The quantitative estimate of drug-likeness (QED) is 0.839. The Balaban J connectivity index is 1.94. The molecule has 0 aromatic heterocycles. The first-order valence-corrected chi connectivity index (χ1v) is 7.67. The first-order valence-electron chi connectivity index (χ1n) is 7.67. The van der Waals surface area contributed by atoms with Crippen LogP contribution in [0.5, 0.6) is 11.5 Å². The van der Waals surface area contributed by atoms with Crippen LogP contribution in [-0.4, -0.2) is 39.5 Å². The summed E-state index contributed by atoms with van der Waals surface area (Å²) in [5.74, 6) is 1.56. The highest BCUT2D eigenvalue weighted by Gasteiger charge is 2.27.